The molecule has 0 spiro atoms. The molecule has 4 nitrogen and oxygen atoms in total. The lowest BCUT2D eigenvalue weighted by atomic mass is 9.94. The van der Waals surface area contributed by atoms with Gasteiger partial charge in [-0.05, 0) is 79.4 Å². The summed E-state index contributed by atoms with van der Waals surface area (Å²) in [5.74, 6) is 0.444. The van der Waals surface area contributed by atoms with Gasteiger partial charge in [0.1, 0.15) is 17.7 Å². The number of allylic oxidation sites excluding steroid dienone is 2. The Morgan fingerprint density at radius 1 is 1.26 bits per heavy atom. The molecule has 0 saturated heterocycles. The van der Waals surface area contributed by atoms with Gasteiger partial charge in [0.15, 0.2) is 0 Å². The number of hydrogen-bond acceptors (Lipinski definition) is 4. The summed E-state index contributed by atoms with van der Waals surface area (Å²) >= 11 is 0. The second kappa shape index (κ2) is 10.2. The maximum Gasteiger partial charge on any atom is 0.138 e. The van der Waals surface area contributed by atoms with Gasteiger partial charge in [0.25, 0.3) is 0 Å². The normalized spacial score (nSPS) is 18.2. The van der Waals surface area contributed by atoms with Crippen molar-refractivity contribution in [1.82, 2.24) is 0 Å². The summed E-state index contributed by atoms with van der Waals surface area (Å²) in [6.07, 6.45) is 10.3. The Hall–Kier alpha value is -3.15. The Labute approximate surface area is 183 Å². The summed E-state index contributed by atoms with van der Waals surface area (Å²) in [7, 11) is 0. The van der Waals surface area contributed by atoms with Crippen molar-refractivity contribution in [2.24, 2.45) is 11.5 Å². The van der Waals surface area contributed by atoms with Gasteiger partial charge in [-0.2, -0.15) is 0 Å². The summed E-state index contributed by atoms with van der Waals surface area (Å²) < 4.78 is 19.4. The van der Waals surface area contributed by atoms with Crippen molar-refractivity contribution in [3.8, 4) is 5.75 Å². The van der Waals surface area contributed by atoms with Crippen LogP contribution in [-0.4, -0.2) is 18.2 Å². The van der Waals surface area contributed by atoms with Crippen molar-refractivity contribution in [3.05, 3.63) is 102 Å². The van der Waals surface area contributed by atoms with E-state index in [2.05, 4.69) is 18.0 Å². The molecule has 0 radical (unpaired) electrons. The van der Waals surface area contributed by atoms with Gasteiger partial charge in [0.2, 0.25) is 0 Å². The average Bonchev–Trinajstić information content (AvgIpc) is 2.75. The van der Waals surface area contributed by atoms with Crippen LogP contribution in [0.15, 0.2) is 90.6 Å². The lowest BCUT2D eigenvalue weighted by molar-refractivity contribution is 0.215. The summed E-state index contributed by atoms with van der Waals surface area (Å²) in [4.78, 5) is 0. The first-order valence-electron chi connectivity index (χ1n) is 10.4. The topological polar surface area (TPSA) is 73.3 Å². The number of hydrogen-bond donors (Lipinski definition) is 3. The molecule has 1 aliphatic carbocycles. The molecule has 2 aromatic carbocycles. The zero-order chi connectivity index (χ0) is 22.4. The lowest BCUT2D eigenvalue weighted by Crippen LogP contribution is -2.38. The van der Waals surface area contributed by atoms with Crippen molar-refractivity contribution in [1.29, 1.82) is 0 Å². The second-order valence-electron chi connectivity index (χ2n) is 7.79. The van der Waals surface area contributed by atoms with Gasteiger partial charge in [-0.15, -0.1) is 0 Å². The van der Waals surface area contributed by atoms with Gasteiger partial charge in [-0.1, -0.05) is 37.0 Å². The Balaban J connectivity index is 1.80. The fraction of sp³-hybridized carbons (Fsp3) is 0.231. The van der Waals surface area contributed by atoms with E-state index in [1.165, 1.54) is 12.1 Å². The van der Waals surface area contributed by atoms with Gasteiger partial charge in [-0.3, -0.25) is 0 Å². The quantitative estimate of drug-likeness (QED) is 0.508. The monoisotopic (exact) mass is 419 g/mol. The molecule has 162 valence electrons. The maximum atomic E-state index is 13.1. The highest BCUT2D eigenvalue weighted by molar-refractivity contribution is 5.64. The zero-order valence-electron chi connectivity index (χ0n) is 18.0. The first-order chi connectivity index (χ1) is 14.9. The van der Waals surface area contributed by atoms with E-state index in [9.17, 15) is 4.39 Å². The van der Waals surface area contributed by atoms with E-state index >= 15 is 0 Å². The van der Waals surface area contributed by atoms with Crippen LogP contribution in [0.5, 0.6) is 5.75 Å². The molecule has 0 saturated carbocycles. The minimum Gasteiger partial charge on any atom is -0.484 e. The Morgan fingerprint density at radius 3 is 2.61 bits per heavy atom. The minimum atomic E-state index is -0.369. The van der Waals surface area contributed by atoms with E-state index in [1.807, 2.05) is 50.3 Å². The number of nitrogens with one attached hydrogen (secondary N) is 1. The van der Waals surface area contributed by atoms with E-state index < -0.39 is 0 Å². The maximum absolute atomic E-state index is 13.1. The largest absolute Gasteiger partial charge is 0.484 e. The molecule has 0 aliphatic heterocycles. The van der Waals surface area contributed by atoms with Gasteiger partial charge < -0.3 is 21.5 Å². The Bertz CT molecular complexity index is 1010. The van der Waals surface area contributed by atoms with Crippen molar-refractivity contribution < 1.29 is 9.13 Å². The molecule has 31 heavy (non-hydrogen) atoms. The van der Waals surface area contributed by atoms with Gasteiger partial charge in [0, 0.05) is 23.5 Å². The highest BCUT2D eigenvalue weighted by atomic mass is 19.1. The molecule has 2 aromatic rings. The van der Waals surface area contributed by atoms with Crippen LogP contribution in [0.2, 0.25) is 0 Å². The van der Waals surface area contributed by atoms with Gasteiger partial charge >= 0.3 is 0 Å². The van der Waals surface area contributed by atoms with Crippen LogP contribution in [-0.2, 0) is 0 Å². The second-order valence-corrected chi connectivity index (χ2v) is 7.79. The lowest BCUT2D eigenvalue weighted by Gasteiger charge is -2.25. The average molecular weight is 420 g/mol. The van der Waals surface area contributed by atoms with Gasteiger partial charge in [-0.25, -0.2) is 4.39 Å². The summed E-state index contributed by atoms with van der Waals surface area (Å²) in [6.45, 7) is 7.85. The van der Waals surface area contributed by atoms with E-state index in [1.54, 1.807) is 18.2 Å². The Morgan fingerprint density at radius 2 is 2.00 bits per heavy atom. The van der Waals surface area contributed by atoms with E-state index in [4.69, 9.17) is 16.2 Å². The molecule has 3 rings (SSSR count). The molecule has 0 fully saturated rings. The smallest absolute Gasteiger partial charge is 0.138 e. The number of nitrogens with two attached hydrogens (primary N) is 2. The molecule has 5 N–H and O–H groups in total. The molecule has 0 aromatic heterocycles. The number of aryl methyl sites for hydroxylation is 1. The molecule has 0 bridgehead atoms. The number of benzene rings is 2. The molecule has 1 aliphatic rings. The molecular weight excluding hydrogens is 389 g/mol. The van der Waals surface area contributed by atoms with Crippen LogP contribution in [0.25, 0.3) is 0 Å². The summed E-state index contributed by atoms with van der Waals surface area (Å²) in [6, 6.07) is 11.7. The highest BCUT2D eigenvalue weighted by Gasteiger charge is 2.21. The van der Waals surface area contributed by atoms with Crippen LogP contribution < -0.4 is 21.5 Å². The molecular formula is C26H30FN3O. The first kappa shape index (κ1) is 22.5. The summed E-state index contributed by atoms with van der Waals surface area (Å²) in [5, 5.41) is 3.29. The fourth-order valence-electron chi connectivity index (χ4n) is 3.43. The van der Waals surface area contributed by atoms with E-state index in [0.29, 0.717) is 5.75 Å². The van der Waals surface area contributed by atoms with Crippen LogP contribution in [0.3, 0.4) is 0 Å². The van der Waals surface area contributed by atoms with E-state index in [-0.39, 0.29) is 24.0 Å². The molecule has 3 atom stereocenters. The SMILES string of the molecule is C=C/C(=C\C1=CC=CCC1N)[C@@H](Oc1ccc(Nc2ccc(F)cc2)c(C)c1)[C@H](C)N. The van der Waals surface area contributed by atoms with Crippen LogP contribution >= 0.6 is 0 Å². The number of ether oxygens (including phenoxy) is 1. The van der Waals surface area contributed by atoms with Crippen molar-refractivity contribution >= 4 is 11.4 Å². The fourth-order valence-corrected chi connectivity index (χ4v) is 3.43. The first-order valence-corrected chi connectivity index (χ1v) is 10.4. The number of anilines is 2. The highest BCUT2D eigenvalue weighted by Crippen LogP contribution is 2.27. The van der Waals surface area contributed by atoms with Gasteiger partial charge in [0.05, 0.1) is 0 Å². The standard InChI is InChI=1S/C26H30FN3O/c1-4-19(16-20-7-5-6-8-24(20)29)26(18(3)28)31-23-13-14-25(17(2)15-23)30-22-11-9-21(27)10-12-22/h4-7,9-16,18,24,26,30H,1,8,28-29H2,2-3H3/b19-16+/t18-,24?,26-/m0/s1. The predicted octanol–water partition coefficient (Wildman–Crippen LogP) is 5.30. The predicted molar refractivity (Wildman–Crippen MR) is 127 cm³/mol. The van der Waals surface area contributed by atoms with Crippen LogP contribution in [0.4, 0.5) is 15.8 Å². The molecule has 0 heterocycles. The molecule has 5 heteroatoms. The van der Waals surface area contributed by atoms with Crippen LogP contribution in [0.1, 0.15) is 18.9 Å². The van der Waals surface area contributed by atoms with Crippen molar-refractivity contribution in [2.75, 3.05) is 5.32 Å². The summed E-state index contributed by atoms with van der Waals surface area (Å²) in [5.41, 5.74) is 17.1. The van der Waals surface area contributed by atoms with Crippen molar-refractivity contribution in [3.63, 3.8) is 0 Å². The van der Waals surface area contributed by atoms with E-state index in [0.717, 1.165) is 34.5 Å². The molecule has 0 amide bonds. The number of rotatable bonds is 8. The third kappa shape index (κ3) is 5.94. The molecule has 1 unspecified atom stereocenters. The van der Waals surface area contributed by atoms with Crippen LogP contribution in [0, 0.1) is 12.7 Å². The third-order valence-electron chi connectivity index (χ3n) is 5.20. The minimum absolute atomic E-state index is 0.0484. The zero-order valence-corrected chi connectivity index (χ0v) is 18.0. The van der Waals surface area contributed by atoms with Crippen molar-refractivity contribution in [2.45, 2.75) is 38.5 Å². The Kier molecular flexibility index (Phi) is 7.45. The third-order valence-corrected chi connectivity index (χ3v) is 5.20. The number of halogens is 1.